The van der Waals surface area contributed by atoms with Gasteiger partial charge in [0.05, 0.1) is 28.5 Å². The highest BCUT2D eigenvalue weighted by Crippen LogP contribution is 2.23. The van der Waals surface area contributed by atoms with Crippen LogP contribution < -0.4 is 5.32 Å². The van der Waals surface area contributed by atoms with Crippen molar-refractivity contribution in [3.63, 3.8) is 0 Å². The van der Waals surface area contributed by atoms with Gasteiger partial charge in [0, 0.05) is 24.7 Å². The number of thiazole rings is 1. The van der Waals surface area contributed by atoms with Crippen LogP contribution in [-0.4, -0.2) is 19.5 Å². The number of para-hydroxylation sites is 2. The van der Waals surface area contributed by atoms with E-state index in [1.54, 1.807) is 17.5 Å². The van der Waals surface area contributed by atoms with Crippen LogP contribution in [0.3, 0.4) is 0 Å². The van der Waals surface area contributed by atoms with Crippen LogP contribution in [0.4, 0.5) is 0 Å². The molecular formula is C20H21N5S. The monoisotopic (exact) mass is 363 g/mol. The average Bonchev–Trinajstić information content (AvgIpc) is 3.31. The second-order valence-corrected chi connectivity index (χ2v) is 7.02. The zero-order valence-corrected chi connectivity index (χ0v) is 15.7. The van der Waals surface area contributed by atoms with Crippen molar-refractivity contribution < 1.29 is 0 Å². The van der Waals surface area contributed by atoms with Gasteiger partial charge in [-0.25, -0.2) is 9.97 Å². The molecule has 4 rings (SSSR count). The van der Waals surface area contributed by atoms with E-state index in [2.05, 4.69) is 52.3 Å². The van der Waals surface area contributed by atoms with Crippen molar-refractivity contribution in [1.29, 1.82) is 0 Å². The van der Waals surface area contributed by atoms with Crippen LogP contribution in [0.1, 0.15) is 31.4 Å². The third-order valence-electron chi connectivity index (χ3n) is 4.41. The van der Waals surface area contributed by atoms with Crippen LogP contribution in [0.2, 0.25) is 0 Å². The first kappa shape index (κ1) is 16.9. The van der Waals surface area contributed by atoms with Crippen LogP contribution >= 0.6 is 11.3 Å². The van der Waals surface area contributed by atoms with Gasteiger partial charge in [0.2, 0.25) is 0 Å². The third kappa shape index (κ3) is 3.25. The lowest BCUT2D eigenvalue weighted by atomic mass is 10.3. The molecule has 0 radical (unpaired) electrons. The Morgan fingerprint density at radius 3 is 2.77 bits per heavy atom. The van der Waals surface area contributed by atoms with E-state index >= 15 is 0 Å². The fourth-order valence-corrected chi connectivity index (χ4v) is 3.90. The molecule has 5 nitrogen and oxygen atoms in total. The summed E-state index contributed by atoms with van der Waals surface area (Å²) in [5, 5.41) is 6.60. The molecule has 1 unspecified atom stereocenters. The molecule has 4 aromatic rings. The number of hydrogen-bond acceptors (Lipinski definition) is 5. The SMILES string of the molecule is CCn1c(C(C)NCc2csc(-c3ccccn3)n2)nc2ccccc21. The van der Waals surface area contributed by atoms with Crippen molar-refractivity contribution in [2.45, 2.75) is 33.0 Å². The first-order valence-corrected chi connectivity index (χ1v) is 9.68. The number of nitrogens with one attached hydrogen (secondary N) is 1. The molecule has 0 spiro atoms. The minimum atomic E-state index is 0.141. The predicted molar refractivity (Wildman–Crippen MR) is 106 cm³/mol. The molecule has 3 heterocycles. The van der Waals surface area contributed by atoms with Crippen molar-refractivity contribution in [3.8, 4) is 10.7 Å². The fraction of sp³-hybridized carbons (Fsp3) is 0.250. The maximum absolute atomic E-state index is 4.82. The molecular weight excluding hydrogens is 342 g/mol. The van der Waals surface area contributed by atoms with Crippen LogP contribution in [0.15, 0.2) is 54.0 Å². The van der Waals surface area contributed by atoms with E-state index in [-0.39, 0.29) is 6.04 Å². The maximum atomic E-state index is 4.82. The summed E-state index contributed by atoms with van der Waals surface area (Å²) < 4.78 is 2.27. The molecule has 0 aliphatic heterocycles. The van der Waals surface area contributed by atoms with Crippen molar-refractivity contribution in [2.75, 3.05) is 0 Å². The number of imidazole rings is 1. The summed E-state index contributed by atoms with van der Waals surface area (Å²) in [4.78, 5) is 13.9. The average molecular weight is 363 g/mol. The van der Waals surface area contributed by atoms with Gasteiger partial charge in [0.25, 0.3) is 0 Å². The molecule has 1 atom stereocenters. The smallest absolute Gasteiger partial charge is 0.142 e. The second kappa shape index (κ2) is 7.35. The molecule has 1 aromatic carbocycles. The second-order valence-electron chi connectivity index (χ2n) is 6.16. The molecule has 132 valence electrons. The van der Waals surface area contributed by atoms with E-state index in [1.165, 1.54) is 5.52 Å². The molecule has 0 saturated carbocycles. The Labute approximate surface area is 156 Å². The van der Waals surface area contributed by atoms with Gasteiger partial charge in [-0.1, -0.05) is 18.2 Å². The number of fused-ring (bicyclic) bond motifs is 1. The molecule has 3 aromatic heterocycles. The predicted octanol–water partition coefficient (Wildman–Crippen LogP) is 4.43. The van der Waals surface area contributed by atoms with E-state index in [0.717, 1.165) is 34.3 Å². The Bertz CT molecular complexity index is 1010. The number of hydrogen-bond donors (Lipinski definition) is 1. The number of rotatable bonds is 6. The fourth-order valence-electron chi connectivity index (χ4n) is 3.10. The molecule has 0 amide bonds. The third-order valence-corrected chi connectivity index (χ3v) is 5.33. The normalized spacial score (nSPS) is 12.5. The van der Waals surface area contributed by atoms with Gasteiger partial charge in [0.15, 0.2) is 0 Å². The molecule has 0 fully saturated rings. The quantitative estimate of drug-likeness (QED) is 0.551. The van der Waals surface area contributed by atoms with E-state index in [1.807, 2.05) is 24.3 Å². The Balaban J connectivity index is 1.49. The zero-order chi connectivity index (χ0) is 17.9. The standard InChI is InChI=1S/C20H21N5S/c1-3-25-18-10-5-4-8-16(18)24-19(25)14(2)22-12-15-13-26-20(23-15)17-9-6-7-11-21-17/h4-11,13-14,22H,3,12H2,1-2H3. The van der Waals surface area contributed by atoms with Gasteiger partial charge < -0.3 is 9.88 Å². The molecule has 26 heavy (non-hydrogen) atoms. The largest absolute Gasteiger partial charge is 0.327 e. The first-order valence-electron chi connectivity index (χ1n) is 8.80. The highest BCUT2D eigenvalue weighted by Gasteiger charge is 2.16. The van der Waals surface area contributed by atoms with Crippen LogP contribution in [-0.2, 0) is 13.1 Å². The summed E-state index contributed by atoms with van der Waals surface area (Å²) in [6, 6.07) is 14.3. The van der Waals surface area contributed by atoms with E-state index in [4.69, 9.17) is 9.97 Å². The number of aromatic nitrogens is 4. The lowest BCUT2D eigenvalue weighted by Crippen LogP contribution is -2.21. The first-order chi connectivity index (χ1) is 12.8. The van der Waals surface area contributed by atoms with Gasteiger partial charge >= 0.3 is 0 Å². The minimum Gasteiger partial charge on any atom is -0.327 e. The minimum absolute atomic E-state index is 0.141. The Morgan fingerprint density at radius 1 is 1.12 bits per heavy atom. The van der Waals surface area contributed by atoms with Gasteiger partial charge in [-0.05, 0) is 38.1 Å². The van der Waals surface area contributed by atoms with Crippen LogP contribution in [0, 0.1) is 0 Å². The summed E-state index contributed by atoms with van der Waals surface area (Å²) in [6.07, 6.45) is 1.80. The highest BCUT2D eigenvalue weighted by atomic mass is 32.1. The van der Waals surface area contributed by atoms with E-state index in [9.17, 15) is 0 Å². The van der Waals surface area contributed by atoms with E-state index < -0.39 is 0 Å². The summed E-state index contributed by atoms with van der Waals surface area (Å²) >= 11 is 1.63. The molecule has 6 heteroatoms. The van der Waals surface area contributed by atoms with Crippen molar-refractivity contribution in [1.82, 2.24) is 24.8 Å². The van der Waals surface area contributed by atoms with Crippen LogP contribution in [0.5, 0.6) is 0 Å². The topological polar surface area (TPSA) is 55.6 Å². The number of pyridine rings is 1. The number of nitrogens with zero attached hydrogens (tertiary/aromatic N) is 4. The maximum Gasteiger partial charge on any atom is 0.142 e. The summed E-state index contributed by atoms with van der Waals surface area (Å²) in [7, 11) is 0. The van der Waals surface area contributed by atoms with Crippen molar-refractivity contribution in [3.05, 3.63) is 65.6 Å². The lowest BCUT2D eigenvalue weighted by molar-refractivity contribution is 0.518. The van der Waals surface area contributed by atoms with Crippen molar-refractivity contribution >= 4 is 22.4 Å². The van der Waals surface area contributed by atoms with E-state index in [0.29, 0.717) is 6.54 Å². The zero-order valence-electron chi connectivity index (χ0n) is 14.9. The number of benzene rings is 1. The van der Waals surface area contributed by atoms with Crippen LogP contribution in [0.25, 0.3) is 21.7 Å². The van der Waals surface area contributed by atoms with Gasteiger partial charge in [-0.2, -0.15) is 0 Å². The molecule has 1 N–H and O–H groups in total. The molecule has 0 aliphatic carbocycles. The molecule has 0 aliphatic rings. The summed E-state index contributed by atoms with van der Waals surface area (Å²) in [6.45, 7) is 5.92. The summed E-state index contributed by atoms with van der Waals surface area (Å²) in [5.41, 5.74) is 4.18. The summed E-state index contributed by atoms with van der Waals surface area (Å²) in [5.74, 6) is 1.06. The Kier molecular flexibility index (Phi) is 4.77. The Hall–Kier alpha value is -2.57. The molecule has 0 bridgehead atoms. The lowest BCUT2D eigenvalue weighted by Gasteiger charge is -2.14. The molecule has 0 saturated heterocycles. The Morgan fingerprint density at radius 2 is 1.96 bits per heavy atom. The van der Waals surface area contributed by atoms with Crippen molar-refractivity contribution in [2.24, 2.45) is 0 Å². The highest BCUT2D eigenvalue weighted by molar-refractivity contribution is 7.13. The van der Waals surface area contributed by atoms with Gasteiger partial charge in [-0.15, -0.1) is 11.3 Å². The van der Waals surface area contributed by atoms with Gasteiger partial charge in [-0.3, -0.25) is 4.98 Å². The number of aryl methyl sites for hydroxylation is 1. The van der Waals surface area contributed by atoms with Gasteiger partial charge in [0.1, 0.15) is 10.8 Å².